The molecule has 104 valence electrons. The minimum Gasteiger partial charge on any atom is -0.310 e. The molecule has 0 amide bonds. The van der Waals surface area contributed by atoms with Gasteiger partial charge in [0.2, 0.25) is 0 Å². The number of fused-ring (bicyclic) bond motifs is 2. The lowest BCUT2D eigenvalue weighted by Gasteiger charge is -2.19. The molecule has 2 bridgehead atoms. The fourth-order valence-electron chi connectivity index (χ4n) is 3.51. The number of aryl methyl sites for hydroxylation is 2. The number of aromatic nitrogens is 2. The maximum Gasteiger partial charge on any atom is 0.143 e. The van der Waals surface area contributed by atoms with Gasteiger partial charge in [0.1, 0.15) is 5.78 Å². The Bertz CT molecular complexity index is 511. The van der Waals surface area contributed by atoms with Crippen LogP contribution in [0.4, 0.5) is 0 Å². The predicted molar refractivity (Wildman–Crippen MR) is 74.4 cm³/mol. The van der Waals surface area contributed by atoms with Gasteiger partial charge in [-0.1, -0.05) is 11.6 Å². The molecule has 2 aliphatic heterocycles. The van der Waals surface area contributed by atoms with E-state index in [4.69, 9.17) is 11.6 Å². The van der Waals surface area contributed by atoms with Crippen LogP contribution in [0, 0.1) is 12.8 Å². The molecular weight excluding hydrogens is 262 g/mol. The van der Waals surface area contributed by atoms with Crippen LogP contribution in [0.5, 0.6) is 0 Å². The molecule has 2 fully saturated rings. The fraction of sp³-hybridized carbons (Fsp3) is 0.714. The summed E-state index contributed by atoms with van der Waals surface area (Å²) in [7, 11) is 0. The van der Waals surface area contributed by atoms with E-state index in [1.807, 2.05) is 18.5 Å². The lowest BCUT2D eigenvalue weighted by atomic mass is 9.84. The van der Waals surface area contributed by atoms with Crippen molar-refractivity contribution in [3.05, 3.63) is 16.4 Å². The van der Waals surface area contributed by atoms with Gasteiger partial charge in [-0.3, -0.25) is 9.48 Å². The molecule has 0 saturated carbocycles. The zero-order valence-corrected chi connectivity index (χ0v) is 12.2. The molecule has 2 aliphatic rings. The van der Waals surface area contributed by atoms with Gasteiger partial charge in [-0.25, -0.2) is 0 Å². The van der Waals surface area contributed by atoms with Gasteiger partial charge in [0.25, 0.3) is 0 Å². The first-order valence-electron chi connectivity index (χ1n) is 7.10. The molecule has 0 spiro atoms. The zero-order valence-electron chi connectivity index (χ0n) is 11.4. The number of carbonyl (C=O) groups is 1. The SMILES string of the molecule is CCn1nc(C)c(Cl)c1CC(=O)C1CC2CCC1N2. The van der Waals surface area contributed by atoms with Gasteiger partial charge in [0, 0.05) is 24.5 Å². The summed E-state index contributed by atoms with van der Waals surface area (Å²) >= 11 is 6.27. The van der Waals surface area contributed by atoms with E-state index in [0.29, 0.717) is 29.3 Å². The summed E-state index contributed by atoms with van der Waals surface area (Å²) in [6.07, 6.45) is 3.78. The van der Waals surface area contributed by atoms with Crippen LogP contribution in [0.3, 0.4) is 0 Å². The average molecular weight is 282 g/mol. The quantitative estimate of drug-likeness (QED) is 0.920. The summed E-state index contributed by atoms with van der Waals surface area (Å²) in [4.78, 5) is 12.5. The van der Waals surface area contributed by atoms with Gasteiger partial charge in [-0.05, 0) is 33.1 Å². The molecule has 1 aromatic heterocycles. The van der Waals surface area contributed by atoms with Crippen LogP contribution < -0.4 is 5.32 Å². The summed E-state index contributed by atoms with van der Waals surface area (Å²) < 4.78 is 1.86. The molecule has 3 unspecified atom stereocenters. The van der Waals surface area contributed by atoms with Crippen LogP contribution in [-0.4, -0.2) is 27.6 Å². The van der Waals surface area contributed by atoms with Crippen molar-refractivity contribution in [3.8, 4) is 0 Å². The fourth-order valence-corrected chi connectivity index (χ4v) is 3.72. The highest BCUT2D eigenvalue weighted by molar-refractivity contribution is 6.32. The first-order valence-corrected chi connectivity index (χ1v) is 7.48. The van der Waals surface area contributed by atoms with Crippen molar-refractivity contribution < 1.29 is 4.79 Å². The van der Waals surface area contributed by atoms with E-state index in [0.717, 1.165) is 30.8 Å². The number of ketones is 1. The van der Waals surface area contributed by atoms with Gasteiger partial charge in [-0.15, -0.1) is 0 Å². The Morgan fingerprint density at radius 3 is 2.89 bits per heavy atom. The number of nitrogens with zero attached hydrogens (tertiary/aromatic N) is 2. The third-order valence-corrected chi connectivity index (χ3v) is 5.00. The molecule has 1 N–H and O–H groups in total. The van der Waals surface area contributed by atoms with E-state index in [1.165, 1.54) is 6.42 Å². The number of rotatable bonds is 4. The normalized spacial score (nSPS) is 29.1. The molecule has 0 aromatic carbocycles. The first kappa shape index (κ1) is 13.1. The van der Waals surface area contributed by atoms with E-state index in [2.05, 4.69) is 10.4 Å². The summed E-state index contributed by atoms with van der Waals surface area (Å²) in [6.45, 7) is 4.67. The number of hydrogen-bond donors (Lipinski definition) is 1. The van der Waals surface area contributed by atoms with Gasteiger partial charge >= 0.3 is 0 Å². The number of Topliss-reactive ketones (excluding diaryl/α,β-unsaturated/α-hetero) is 1. The van der Waals surface area contributed by atoms with Crippen molar-refractivity contribution in [3.63, 3.8) is 0 Å². The van der Waals surface area contributed by atoms with Crippen molar-refractivity contribution in [1.29, 1.82) is 0 Å². The molecule has 5 heteroatoms. The Morgan fingerprint density at radius 2 is 2.32 bits per heavy atom. The summed E-state index contributed by atoms with van der Waals surface area (Å²) in [5.41, 5.74) is 1.70. The molecule has 3 atom stereocenters. The highest BCUT2D eigenvalue weighted by atomic mass is 35.5. The molecular formula is C14H20ClN3O. The van der Waals surface area contributed by atoms with E-state index in [-0.39, 0.29) is 5.92 Å². The monoisotopic (exact) mass is 281 g/mol. The Hall–Kier alpha value is -0.870. The summed E-state index contributed by atoms with van der Waals surface area (Å²) in [6, 6.07) is 0.961. The minimum absolute atomic E-state index is 0.176. The van der Waals surface area contributed by atoms with Crippen LogP contribution in [-0.2, 0) is 17.8 Å². The average Bonchev–Trinajstić information content (AvgIpc) is 3.08. The van der Waals surface area contributed by atoms with Crippen LogP contribution >= 0.6 is 11.6 Å². The predicted octanol–water partition coefficient (Wildman–Crippen LogP) is 2.12. The van der Waals surface area contributed by atoms with E-state index in [9.17, 15) is 4.79 Å². The third kappa shape index (κ3) is 2.21. The molecule has 3 heterocycles. The highest BCUT2D eigenvalue weighted by Crippen LogP contribution is 2.35. The minimum atomic E-state index is 0.176. The van der Waals surface area contributed by atoms with Crippen LogP contribution in [0.25, 0.3) is 0 Å². The third-order valence-electron chi connectivity index (χ3n) is 4.51. The van der Waals surface area contributed by atoms with E-state index >= 15 is 0 Å². The molecule has 3 rings (SSSR count). The molecule has 19 heavy (non-hydrogen) atoms. The maximum absolute atomic E-state index is 12.5. The largest absolute Gasteiger partial charge is 0.310 e. The lowest BCUT2D eigenvalue weighted by Crippen LogP contribution is -2.30. The van der Waals surface area contributed by atoms with Crippen molar-refractivity contribution in [2.45, 2.75) is 58.2 Å². The van der Waals surface area contributed by atoms with Crippen LogP contribution in [0.2, 0.25) is 5.02 Å². The molecule has 2 saturated heterocycles. The van der Waals surface area contributed by atoms with Crippen molar-refractivity contribution in [2.75, 3.05) is 0 Å². The zero-order chi connectivity index (χ0) is 13.6. The van der Waals surface area contributed by atoms with E-state index in [1.54, 1.807) is 0 Å². The first-order chi connectivity index (χ1) is 9.10. The second-order valence-corrected chi connectivity index (χ2v) is 6.07. The van der Waals surface area contributed by atoms with E-state index < -0.39 is 0 Å². The van der Waals surface area contributed by atoms with Gasteiger partial charge in [-0.2, -0.15) is 5.10 Å². The van der Waals surface area contributed by atoms with Crippen molar-refractivity contribution >= 4 is 17.4 Å². The second kappa shape index (κ2) is 4.91. The second-order valence-electron chi connectivity index (χ2n) is 5.69. The summed E-state index contributed by atoms with van der Waals surface area (Å²) in [5.74, 6) is 0.492. The highest BCUT2D eigenvalue weighted by Gasteiger charge is 2.42. The Kier molecular flexibility index (Phi) is 3.39. The van der Waals surface area contributed by atoms with Crippen LogP contribution in [0.15, 0.2) is 0 Å². The van der Waals surface area contributed by atoms with Gasteiger partial charge < -0.3 is 5.32 Å². The number of halogens is 1. The van der Waals surface area contributed by atoms with Gasteiger partial charge in [0.05, 0.1) is 22.8 Å². The van der Waals surface area contributed by atoms with Crippen LogP contribution in [0.1, 0.15) is 37.6 Å². The molecule has 4 nitrogen and oxygen atoms in total. The Balaban J connectivity index is 1.76. The topological polar surface area (TPSA) is 46.9 Å². The molecule has 0 aliphatic carbocycles. The lowest BCUT2D eigenvalue weighted by molar-refractivity contribution is -0.122. The van der Waals surface area contributed by atoms with Gasteiger partial charge in [0.15, 0.2) is 0 Å². The van der Waals surface area contributed by atoms with Crippen molar-refractivity contribution in [1.82, 2.24) is 15.1 Å². The number of nitrogens with one attached hydrogen (secondary N) is 1. The standard InChI is InChI=1S/C14H20ClN3O/c1-3-18-12(14(15)8(2)17-18)7-13(19)10-6-9-4-5-11(10)16-9/h9-11,16H,3-7H2,1-2H3. The Labute approximate surface area is 118 Å². The van der Waals surface area contributed by atoms with Crippen molar-refractivity contribution in [2.24, 2.45) is 5.92 Å². The maximum atomic E-state index is 12.5. The Morgan fingerprint density at radius 1 is 1.53 bits per heavy atom. The molecule has 0 radical (unpaired) electrons. The smallest absolute Gasteiger partial charge is 0.143 e. The molecule has 1 aromatic rings. The summed E-state index contributed by atoms with van der Waals surface area (Å²) in [5, 5.41) is 8.55. The number of hydrogen-bond acceptors (Lipinski definition) is 3. The number of carbonyl (C=O) groups excluding carboxylic acids is 1.